The minimum atomic E-state index is -3.28. The van der Waals surface area contributed by atoms with Gasteiger partial charge < -0.3 is 20.8 Å². The van der Waals surface area contributed by atoms with Crippen molar-refractivity contribution in [2.75, 3.05) is 25.1 Å². The Kier molecular flexibility index (Phi) is 7.63. The second kappa shape index (κ2) is 9.72. The SMILES string of the molecule is CCCCP(=O)(O)C1=CC[C@H](NC(=O)CNC(=O)c2ccccc2NC)C1. The van der Waals surface area contributed by atoms with Crippen molar-refractivity contribution in [2.24, 2.45) is 0 Å². The van der Waals surface area contributed by atoms with Gasteiger partial charge in [-0.25, -0.2) is 0 Å². The van der Waals surface area contributed by atoms with E-state index in [-0.39, 0.29) is 30.6 Å². The molecule has 1 aliphatic rings. The second-order valence-corrected chi connectivity index (χ2v) is 9.08. The van der Waals surface area contributed by atoms with Gasteiger partial charge in [0.2, 0.25) is 13.3 Å². The van der Waals surface area contributed by atoms with Gasteiger partial charge in [-0.2, -0.15) is 0 Å². The highest BCUT2D eigenvalue weighted by Gasteiger charge is 2.30. The van der Waals surface area contributed by atoms with E-state index in [1.165, 1.54) is 0 Å². The molecule has 2 atom stereocenters. The summed E-state index contributed by atoms with van der Waals surface area (Å²) in [7, 11) is -1.56. The molecule has 148 valence electrons. The van der Waals surface area contributed by atoms with Crippen LogP contribution >= 0.6 is 7.37 Å². The van der Waals surface area contributed by atoms with E-state index >= 15 is 0 Å². The summed E-state index contributed by atoms with van der Waals surface area (Å²) >= 11 is 0. The summed E-state index contributed by atoms with van der Waals surface area (Å²) in [5, 5.41) is 8.91. The highest BCUT2D eigenvalue weighted by molar-refractivity contribution is 7.62. The fourth-order valence-electron chi connectivity index (χ4n) is 3.04. The van der Waals surface area contributed by atoms with Gasteiger partial charge in [-0.3, -0.25) is 14.2 Å². The first-order chi connectivity index (χ1) is 12.9. The van der Waals surface area contributed by atoms with Crippen molar-refractivity contribution in [3.05, 3.63) is 41.2 Å². The largest absolute Gasteiger partial charge is 0.387 e. The lowest BCUT2D eigenvalue weighted by atomic mass is 10.1. The zero-order valence-electron chi connectivity index (χ0n) is 15.8. The number of anilines is 1. The molecular formula is C19H28N3O4P. The standard InChI is InChI=1S/C19H28N3O4P/c1-3-4-11-27(25,26)15-10-9-14(12-15)22-18(23)13-21-19(24)16-7-5-6-8-17(16)20-2/h5-8,10,14,20H,3-4,9,11-13H2,1-2H3,(H,21,24)(H,22,23)(H,25,26)/t14-/m0/s1. The summed E-state index contributed by atoms with van der Waals surface area (Å²) in [6.07, 6.45) is 4.56. The van der Waals surface area contributed by atoms with Crippen LogP contribution in [0.5, 0.6) is 0 Å². The van der Waals surface area contributed by atoms with E-state index in [2.05, 4.69) is 16.0 Å². The Hall–Kier alpha value is -2.11. The third-order valence-electron chi connectivity index (χ3n) is 4.57. The normalized spacial score (nSPS) is 18.3. The molecule has 0 saturated heterocycles. The summed E-state index contributed by atoms with van der Waals surface area (Å²) in [5.41, 5.74) is 1.15. The van der Waals surface area contributed by atoms with Crippen LogP contribution in [0.3, 0.4) is 0 Å². The average molecular weight is 393 g/mol. The van der Waals surface area contributed by atoms with Crippen LogP contribution in [-0.2, 0) is 9.36 Å². The fraction of sp³-hybridized carbons (Fsp3) is 0.474. The molecule has 0 bridgehead atoms. The Bertz CT molecular complexity index is 763. The second-order valence-electron chi connectivity index (χ2n) is 6.66. The van der Waals surface area contributed by atoms with Crippen LogP contribution in [0.4, 0.5) is 5.69 Å². The van der Waals surface area contributed by atoms with Crippen molar-refractivity contribution in [1.82, 2.24) is 10.6 Å². The fourth-order valence-corrected chi connectivity index (χ4v) is 4.97. The molecule has 1 aromatic rings. The molecule has 2 rings (SSSR count). The summed E-state index contributed by atoms with van der Waals surface area (Å²) in [5.74, 6) is -0.647. The number of carbonyl (C=O) groups is 2. The number of carbonyl (C=O) groups excluding carboxylic acids is 2. The quantitative estimate of drug-likeness (QED) is 0.483. The van der Waals surface area contributed by atoms with Crippen molar-refractivity contribution < 1.29 is 19.0 Å². The molecule has 1 aliphatic carbocycles. The van der Waals surface area contributed by atoms with E-state index in [4.69, 9.17) is 0 Å². The molecule has 0 aromatic heterocycles. The van der Waals surface area contributed by atoms with Gasteiger partial charge in [0.15, 0.2) is 0 Å². The molecule has 1 unspecified atom stereocenters. The number of amides is 2. The maximum atomic E-state index is 12.4. The topological polar surface area (TPSA) is 108 Å². The molecule has 0 spiro atoms. The monoisotopic (exact) mass is 393 g/mol. The molecule has 1 aromatic carbocycles. The summed E-state index contributed by atoms with van der Waals surface area (Å²) < 4.78 is 12.4. The number of hydrogen-bond donors (Lipinski definition) is 4. The van der Waals surface area contributed by atoms with Gasteiger partial charge in [0.1, 0.15) is 0 Å². The number of benzene rings is 1. The molecule has 0 saturated carbocycles. The van der Waals surface area contributed by atoms with Gasteiger partial charge >= 0.3 is 0 Å². The van der Waals surface area contributed by atoms with Crippen LogP contribution < -0.4 is 16.0 Å². The predicted octanol–water partition coefficient (Wildman–Crippen LogP) is 2.69. The van der Waals surface area contributed by atoms with E-state index in [1.807, 2.05) is 13.0 Å². The minimum Gasteiger partial charge on any atom is -0.387 e. The lowest BCUT2D eigenvalue weighted by molar-refractivity contribution is -0.120. The van der Waals surface area contributed by atoms with E-state index in [1.54, 1.807) is 31.3 Å². The Balaban J connectivity index is 1.80. The van der Waals surface area contributed by atoms with Crippen LogP contribution in [0.15, 0.2) is 35.7 Å². The molecule has 4 N–H and O–H groups in total. The molecule has 0 heterocycles. The number of hydrogen-bond acceptors (Lipinski definition) is 4. The van der Waals surface area contributed by atoms with Crippen molar-refractivity contribution in [1.29, 1.82) is 0 Å². The predicted molar refractivity (Wildman–Crippen MR) is 107 cm³/mol. The molecule has 2 amide bonds. The molecule has 0 radical (unpaired) electrons. The third-order valence-corrected chi connectivity index (χ3v) is 6.76. The Morgan fingerprint density at radius 3 is 2.74 bits per heavy atom. The van der Waals surface area contributed by atoms with Crippen molar-refractivity contribution >= 4 is 24.9 Å². The lowest BCUT2D eigenvalue weighted by Crippen LogP contribution is -2.41. The summed E-state index contributed by atoms with van der Waals surface area (Å²) in [6.45, 7) is 1.84. The van der Waals surface area contributed by atoms with Crippen LogP contribution in [-0.4, -0.2) is 42.5 Å². The molecule has 7 nitrogen and oxygen atoms in total. The Morgan fingerprint density at radius 2 is 2.04 bits per heavy atom. The number of nitrogens with one attached hydrogen (secondary N) is 3. The Morgan fingerprint density at radius 1 is 1.30 bits per heavy atom. The first kappa shape index (κ1) is 21.2. The van der Waals surface area contributed by atoms with Crippen molar-refractivity contribution in [2.45, 2.75) is 38.6 Å². The zero-order chi connectivity index (χ0) is 19.9. The molecule has 27 heavy (non-hydrogen) atoms. The maximum Gasteiger partial charge on any atom is 0.253 e. The highest BCUT2D eigenvalue weighted by Crippen LogP contribution is 2.54. The van der Waals surface area contributed by atoms with E-state index in [9.17, 15) is 19.0 Å². The maximum absolute atomic E-state index is 12.4. The summed E-state index contributed by atoms with van der Waals surface area (Å²) in [6, 6.07) is 6.84. The smallest absolute Gasteiger partial charge is 0.253 e. The third kappa shape index (κ3) is 5.94. The number of unbranched alkanes of at least 4 members (excludes halogenated alkanes) is 1. The first-order valence-electron chi connectivity index (χ1n) is 9.23. The number of rotatable bonds is 9. The summed E-state index contributed by atoms with van der Waals surface area (Å²) in [4.78, 5) is 34.5. The molecule has 8 heteroatoms. The van der Waals surface area contributed by atoms with E-state index in [0.717, 1.165) is 6.42 Å². The average Bonchev–Trinajstić information content (AvgIpc) is 3.13. The Labute approximate surface area is 160 Å². The van der Waals surface area contributed by atoms with Gasteiger partial charge in [0.05, 0.1) is 12.1 Å². The molecule has 0 aliphatic heterocycles. The van der Waals surface area contributed by atoms with Gasteiger partial charge in [-0.05, 0) is 31.4 Å². The molecular weight excluding hydrogens is 365 g/mol. The van der Waals surface area contributed by atoms with Crippen LogP contribution in [0, 0.1) is 0 Å². The number of para-hydroxylation sites is 1. The van der Waals surface area contributed by atoms with Crippen LogP contribution in [0.1, 0.15) is 43.0 Å². The van der Waals surface area contributed by atoms with Gasteiger partial charge in [0, 0.05) is 30.3 Å². The van der Waals surface area contributed by atoms with E-state index in [0.29, 0.717) is 35.8 Å². The zero-order valence-corrected chi connectivity index (χ0v) is 16.7. The van der Waals surface area contributed by atoms with Gasteiger partial charge in [0.25, 0.3) is 5.91 Å². The lowest BCUT2D eigenvalue weighted by Gasteiger charge is -2.16. The first-order valence-corrected chi connectivity index (χ1v) is 11.1. The minimum absolute atomic E-state index is 0.144. The van der Waals surface area contributed by atoms with Gasteiger partial charge in [-0.1, -0.05) is 31.6 Å². The molecule has 0 fully saturated rings. The van der Waals surface area contributed by atoms with Gasteiger partial charge in [-0.15, -0.1) is 0 Å². The van der Waals surface area contributed by atoms with Crippen molar-refractivity contribution in [3.8, 4) is 0 Å². The van der Waals surface area contributed by atoms with E-state index < -0.39 is 7.37 Å². The highest BCUT2D eigenvalue weighted by atomic mass is 31.2. The van der Waals surface area contributed by atoms with Crippen LogP contribution in [0.25, 0.3) is 0 Å². The van der Waals surface area contributed by atoms with Crippen LogP contribution in [0.2, 0.25) is 0 Å². The van der Waals surface area contributed by atoms with Crippen molar-refractivity contribution in [3.63, 3.8) is 0 Å².